The smallest absolute Gasteiger partial charge is 0.119 e. The monoisotopic (exact) mass is 180 g/mol. The second-order valence-electron chi connectivity index (χ2n) is 3.11. The second kappa shape index (κ2) is 2.98. The standard InChI is InChI=1S/C9H12N2S/c1-12-9-7(10)4-5-8(11-9)6-2-3-6/h4-6H,2-3,10H2,1H3. The van der Waals surface area contributed by atoms with Crippen molar-refractivity contribution in [3.8, 4) is 0 Å². The van der Waals surface area contributed by atoms with Crippen LogP contribution >= 0.6 is 11.8 Å². The molecule has 1 aromatic heterocycles. The average molecular weight is 180 g/mol. The van der Waals surface area contributed by atoms with Crippen molar-refractivity contribution in [2.24, 2.45) is 0 Å². The summed E-state index contributed by atoms with van der Waals surface area (Å²) in [4.78, 5) is 4.49. The Morgan fingerprint density at radius 3 is 2.83 bits per heavy atom. The maximum Gasteiger partial charge on any atom is 0.119 e. The van der Waals surface area contributed by atoms with E-state index in [4.69, 9.17) is 5.73 Å². The molecule has 12 heavy (non-hydrogen) atoms. The van der Waals surface area contributed by atoms with Gasteiger partial charge in [-0.1, -0.05) is 0 Å². The predicted octanol–water partition coefficient (Wildman–Crippen LogP) is 2.26. The van der Waals surface area contributed by atoms with Gasteiger partial charge in [0.05, 0.1) is 5.69 Å². The van der Waals surface area contributed by atoms with E-state index in [9.17, 15) is 0 Å². The molecule has 2 nitrogen and oxygen atoms in total. The van der Waals surface area contributed by atoms with Crippen molar-refractivity contribution >= 4 is 17.4 Å². The fourth-order valence-corrected chi connectivity index (χ4v) is 1.74. The highest BCUT2D eigenvalue weighted by Gasteiger charge is 2.25. The largest absolute Gasteiger partial charge is 0.397 e. The van der Waals surface area contributed by atoms with Crippen molar-refractivity contribution in [1.29, 1.82) is 0 Å². The summed E-state index contributed by atoms with van der Waals surface area (Å²) in [6.07, 6.45) is 4.60. The van der Waals surface area contributed by atoms with Crippen LogP contribution in [0.1, 0.15) is 24.5 Å². The third-order valence-corrected chi connectivity index (χ3v) is 2.81. The van der Waals surface area contributed by atoms with E-state index in [1.165, 1.54) is 18.5 Å². The van der Waals surface area contributed by atoms with E-state index in [1.807, 2.05) is 18.4 Å². The van der Waals surface area contributed by atoms with E-state index in [0.717, 1.165) is 16.6 Å². The van der Waals surface area contributed by atoms with Gasteiger partial charge in [0.1, 0.15) is 5.03 Å². The first-order valence-electron chi connectivity index (χ1n) is 4.11. The zero-order valence-electron chi connectivity index (χ0n) is 7.08. The van der Waals surface area contributed by atoms with Crippen LogP contribution in [-0.4, -0.2) is 11.2 Å². The molecule has 1 saturated carbocycles. The first-order valence-corrected chi connectivity index (χ1v) is 5.34. The quantitative estimate of drug-likeness (QED) is 0.709. The molecule has 0 saturated heterocycles. The van der Waals surface area contributed by atoms with Crippen LogP contribution in [0, 0.1) is 0 Å². The molecule has 2 rings (SSSR count). The summed E-state index contributed by atoms with van der Waals surface area (Å²) in [6.45, 7) is 0. The van der Waals surface area contributed by atoms with Crippen molar-refractivity contribution < 1.29 is 0 Å². The number of thioether (sulfide) groups is 1. The Kier molecular flexibility index (Phi) is 1.97. The van der Waals surface area contributed by atoms with E-state index in [-0.39, 0.29) is 0 Å². The van der Waals surface area contributed by atoms with Gasteiger partial charge in [0.15, 0.2) is 0 Å². The summed E-state index contributed by atoms with van der Waals surface area (Å²) in [6, 6.07) is 4.01. The summed E-state index contributed by atoms with van der Waals surface area (Å²) in [5.74, 6) is 0.719. The molecule has 1 aliphatic carbocycles. The molecule has 0 unspecified atom stereocenters. The van der Waals surface area contributed by atoms with Gasteiger partial charge in [0, 0.05) is 11.6 Å². The lowest BCUT2D eigenvalue weighted by atomic mass is 10.2. The van der Waals surface area contributed by atoms with Gasteiger partial charge < -0.3 is 5.73 Å². The summed E-state index contributed by atoms with van der Waals surface area (Å²) in [7, 11) is 0. The van der Waals surface area contributed by atoms with Crippen LogP contribution in [0.4, 0.5) is 5.69 Å². The number of hydrogen-bond donors (Lipinski definition) is 1. The van der Waals surface area contributed by atoms with Crippen molar-refractivity contribution in [3.05, 3.63) is 17.8 Å². The number of pyridine rings is 1. The van der Waals surface area contributed by atoms with Crippen LogP contribution < -0.4 is 5.73 Å². The lowest BCUT2D eigenvalue weighted by molar-refractivity contribution is 0.967. The van der Waals surface area contributed by atoms with Gasteiger partial charge in [-0.3, -0.25) is 0 Å². The molecule has 0 radical (unpaired) electrons. The zero-order valence-corrected chi connectivity index (χ0v) is 7.90. The molecule has 1 heterocycles. The number of nitrogens with zero attached hydrogens (tertiary/aromatic N) is 1. The molecule has 1 fully saturated rings. The Morgan fingerprint density at radius 1 is 1.50 bits per heavy atom. The summed E-state index contributed by atoms with van der Waals surface area (Å²) in [5.41, 5.74) is 7.75. The van der Waals surface area contributed by atoms with E-state index in [2.05, 4.69) is 4.98 Å². The molecule has 0 aromatic carbocycles. The highest BCUT2D eigenvalue weighted by atomic mass is 32.2. The molecular formula is C9H12N2S. The molecule has 1 aliphatic rings. The molecule has 0 amide bonds. The lowest BCUT2D eigenvalue weighted by Gasteiger charge is -2.03. The van der Waals surface area contributed by atoms with Crippen molar-refractivity contribution in [2.45, 2.75) is 23.8 Å². The van der Waals surface area contributed by atoms with Gasteiger partial charge >= 0.3 is 0 Å². The Bertz CT molecular complexity index is 295. The van der Waals surface area contributed by atoms with Crippen molar-refractivity contribution in [3.63, 3.8) is 0 Å². The zero-order chi connectivity index (χ0) is 8.55. The minimum atomic E-state index is 0.719. The van der Waals surface area contributed by atoms with E-state index in [1.54, 1.807) is 11.8 Å². The number of rotatable bonds is 2. The Balaban J connectivity index is 2.33. The Hall–Kier alpha value is -0.700. The van der Waals surface area contributed by atoms with Crippen molar-refractivity contribution in [2.75, 3.05) is 12.0 Å². The van der Waals surface area contributed by atoms with Gasteiger partial charge in [-0.25, -0.2) is 4.98 Å². The molecule has 1 aromatic rings. The van der Waals surface area contributed by atoms with Crippen LogP contribution in [0.2, 0.25) is 0 Å². The fourth-order valence-electron chi connectivity index (χ4n) is 1.24. The van der Waals surface area contributed by atoms with Crippen LogP contribution in [0.15, 0.2) is 17.2 Å². The molecule has 0 aliphatic heterocycles. The summed E-state index contributed by atoms with van der Waals surface area (Å²) in [5, 5.41) is 0.972. The van der Waals surface area contributed by atoms with Crippen LogP contribution in [0.25, 0.3) is 0 Å². The van der Waals surface area contributed by atoms with Gasteiger partial charge in [-0.05, 0) is 31.2 Å². The van der Waals surface area contributed by atoms with E-state index in [0.29, 0.717) is 0 Å². The molecular weight excluding hydrogens is 168 g/mol. The Morgan fingerprint density at radius 2 is 2.25 bits per heavy atom. The number of anilines is 1. The molecule has 0 spiro atoms. The molecule has 0 bridgehead atoms. The maximum absolute atomic E-state index is 5.74. The third kappa shape index (κ3) is 1.41. The third-order valence-electron chi connectivity index (χ3n) is 2.10. The van der Waals surface area contributed by atoms with Gasteiger partial charge in [0.2, 0.25) is 0 Å². The SMILES string of the molecule is CSc1nc(C2CC2)ccc1N. The fraction of sp³-hybridized carbons (Fsp3) is 0.444. The number of nitrogens with two attached hydrogens (primary N) is 1. The first kappa shape index (κ1) is 7.92. The average Bonchev–Trinajstić information content (AvgIpc) is 2.88. The highest BCUT2D eigenvalue weighted by Crippen LogP contribution is 2.40. The lowest BCUT2D eigenvalue weighted by Crippen LogP contribution is -1.94. The number of hydrogen-bond acceptors (Lipinski definition) is 3. The number of nitrogen functional groups attached to an aromatic ring is 1. The van der Waals surface area contributed by atoms with Gasteiger partial charge in [-0.15, -0.1) is 11.8 Å². The van der Waals surface area contributed by atoms with E-state index >= 15 is 0 Å². The molecule has 3 heteroatoms. The highest BCUT2D eigenvalue weighted by molar-refractivity contribution is 7.98. The molecule has 64 valence electrons. The maximum atomic E-state index is 5.74. The van der Waals surface area contributed by atoms with Crippen LogP contribution in [0.5, 0.6) is 0 Å². The normalized spacial score (nSPS) is 16.4. The van der Waals surface area contributed by atoms with Gasteiger partial charge in [0.25, 0.3) is 0 Å². The minimum Gasteiger partial charge on any atom is -0.397 e. The summed E-state index contributed by atoms with van der Waals surface area (Å²) < 4.78 is 0. The van der Waals surface area contributed by atoms with Crippen LogP contribution in [0.3, 0.4) is 0 Å². The minimum absolute atomic E-state index is 0.719. The second-order valence-corrected chi connectivity index (χ2v) is 3.90. The van der Waals surface area contributed by atoms with Gasteiger partial charge in [-0.2, -0.15) is 0 Å². The first-order chi connectivity index (χ1) is 5.81. The van der Waals surface area contributed by atoms with Crippen molar-refractivity contribution in [1.82, 2.24) is 4.98 Å². The number of aromatic nitrogens is 1. The molecule has 2 N–H and O–H groups in total. The molecule has 0 atom stereocenters. The van der Waals surface area contributed by atoms with E-state index < -0.39 is 0 Å². The summed E-state index contributed by atoms with van der Waals surface area (Å²) >= 11 is 1.62. The topological polar surface area (TPSA) is 38.9 Å². The van der Waals surface area contributed by atoms with Crippen LogP contribution in [-0.2, 0) is 0 Å². The predicted molar refractivity (Wildman–Crippen MR) is 52.4 cm³/mol. The Labute approximate surface area is 76.6 Å².